The molecule has 0 aliphatic heterocycles. The van der Waals surface area contributed by atoms with Crippen LogP contribution in [-0.4, -0.2) is 39.3 Å². The van der Waals surface area contributed by atoms with Crippen LogP contribution in [0.2, 0.25) is 0 Å². The van der Waals surface area contributed by atoms with Crippen molar-refractivity contribution in [3.05, 3.63) is 30.0 Å². The number of hydrogen-bond donors (Lipinski definition) is 1. The van der Waals surface area contributed by atoms with Crippen molar-refractivity contribution in [1.29, 1.82) is 5.26 Å². The summed E-state index contributed by atoms with van der Waals surface area (Å²) in [5, 5.41) is 22.0. The van der Waals surface area contributed by atoms with Gasteiger partial charge in [0.1, 0.15) is 10.7 Å². The summed E-state index contributed by atoms with van der Waals surface area (Å²) < 4.78 is 5.38. The van der Waals surface area contributed by atoms with Crippen LogP contribution >= 0.6 is 23.1 Å². The maximum atomic E-state index is 12.1. The molecule has 0 aliphatic rings. The van der Waals surface area contributed by atoms with Gasteiger partial charge in [-0.05, 0) is 37.7 Å². The molecule has 0 bridgehead atoms. The van der Waals surface area contributed by atoms with Crippen LogP contribution in [0.15, 0.2) is 33.6 Å². The van der Waals surface area contributed by atoms with Gasteiger partial charge >= 0.3 is 5.97 Å². The smallest absolute Gasteiger partial charge is 0.329 e. The van der Waals surface area contributed by atoms with E-state index in [1.807, 2.05) is 38.1 Å². The molecule has 0 spiro atoms. The highest BCUT2D eigenvalue weighted by atomic mass is 32.2. The van der Waals surface area contributed by atoms with E-state index in [-0.39, 0.29) is 11.7 Å². The second-order valence-electron chi connectivity index (χ2n) is 5.76. The zero-order valence-corrected chi connectivity index (χ0v) is 16.5. The van der Waals surface area contributed by atoms with E-state index in [0.29, 0.717) is 25.5 Å². The van der Waals surface area contributed by atoms with Gasteiger partial charge in [0.15, 0.2) is 10.3 Å². The van der Waals surface area contributed by atoms with E-state index >= 15 is 0 Å². The first-order chi connectivity index (χ1) is 13.0. The predicted octanol–water partition coefficient (Wildman–Crippen LogP) is 3.23. The fourth-order valence-electron chi connectivity index (χ4n) is 2.24. The Morgan fingerprint density at radius 2 is 1.96 bits per heavy atom. The van der Waals surface area contributed by atoms with Gasteiger partial charge in [0.05, 0.1) is 24.2 Å². The van der Waals surface area contributed by atoms with Crippen molar-refractivity contribution in [1.82, 2.24) is 20.2 Å². The largest absolute Gasteiger partial charge is 0.468 e. The lowest BCUT2D eigenvalue weighted by Crippen LogP contribution is -2.15. The minimum Gasteiger partial charge on any atom is -0.468 e. The molecule has 138 valence electrons. The number of esters is 1. The molecule has 1 N–H and O–H groups in total. The molecule has 8 nitrogen and oxygen atoms in total. The van der Waals surface area contributed by atoms with E-state index in [0.717, 1.165) is 0 Å². The molecule has 1 atom stereocenters. The molecule has 0 amide bonds. The summed E-state index contributed by atoms with van der Waals surface area (Å²) in [6, 6.07) is 9.46. The molecular formula is C17H16N6O2S2. The number of rotatable bonds is 6. The lowest BCUT2D eigenvalue weighted by atomic mass is 10.1. The highest BCUT2D eigenvalue weighted by Crippen LogP contribution is 2.36. The highest BCUT2D eigenvalue weighted by Gasteiger charge is 2.28. The van der Waals surface area contributed by atoms with E-state index in [1.165, 1.54) is 30.2 Å². The summed E-state index contributed by atoms with van der Waals surface area (Å²) in [6.45, 7) is 4.02. The lowest BCUT2D eigenvalue weighted by Gasteiger charge is -2.11. The lowest BCUT2D eigenvalue weighted by molar-refractivity contribution is -0.141. The first-order valence-corrected chi connectivity index (χ1v) is 9.67. The third-order valence-electron chi connectivity index (χ3n) is 3.41. The Bertz CT molecular complexity index is 1010. The average Bonchev–Trinajstić information content (AvgIpc) is 3.08. The van der Waals surface area contributed by atoms with E-state index in [2.05, 4.69) is 25.5 Å². The molecule has 1 aromatic carbocycles. The average molecular weight is 400 g/mol. The normalized spacial score (nSPS) is 12.0. The summed E-state index contributed by atoms with van der Waals surface area (Å²) in [7, 11) is 1.24. The molecule has 0 saturated carbocycles. The Morgan fingerprint density at radius 3 is 2.59 bits per heavy atom. The van der Waals surface area contributed by atoms with Crippen LogP contribution in [-0.2, 0) is 9.53 Å². The topological polar surface area (TPSA) is 114 Å². The molecule has 10 heteroatoms. The standard InChI is InChI=1S/C17H16N6O2S2/c1-9(2)19-16-22-23-17(27-16)26-14-13(10(8-18)15(24)25-3)20-11-6-4-5-7-12(11)21-14/h4-7,9-10H,1-3H3,(H,19,22). The molecule has 2 aromatic heterocycles. The number of carbonyl (C=O) groups is 1. The monoisotopic (exact) mass is 400 g/mol. The second kappa shape index (κ2) is 8.28. The van der Waals surface area contributed by atoms with Crippen LogP contribution in [0.4, 0.5) is 5.13 Å². The molecule has 27 heavy (non-hydrogen) atoms. The van der Waals surface area contributed by atoms with Gasteiger partial charge in [-0.25, -0.2) is 9.97 Å². The fourth-order valence-corrected chi connectivity index (χ4v) is 4.17. The minimum atomic E-state index is -1.17. The van der Waals surface area contributed by atoms with Gasteiger partial charge in [0.25, 0.3) is 0 Å². The van der Waals surface area contributed by atoms with Gasteiger partial charge in [0, 0.05) is 6.04 Å². The number of hydrogen-bond acceptors (Lipinski definition) is 10. The summed E-state index contributed by atoms with van der Waals surface area (Å²) in [6.07, 6.45) is 0. The number of fused-ring (bicyclic) bond motifs is 1. The van der Waals surface area contributed by atoms with Crippen molar-refractivity contribution in [2.45, 2.75) is 35.2 Å². The molecule has 0 radical (unpaired) electrons. The van der Waals surface area contributed by atoms with Crippen LogP contribution in [0.25, 0.3) is 11.0 Å². The van der Waals surface area contributed by atoms with Crippen molar-refractivity contribution in [3.8, 4) is 6.07 Å². The van der Waals surface area contributed by atoms with Crippen molar-refractivity contribution in [2.75, 3.05) is 12.4 Å². The zero-order valence-electron chi connectivity index (χ0n) is 14.8. The van der Waals surface area contributed by atoms with Gasteiger partial charge in [0.2, 0.25) is 5.13 Å². The zero-order chi connectivity index (χ0) is 19.4. The van der Waals surface area contributed by atoms with Crippen LogP contribution in [0.3, 0.4) is 0 Å². The van der Waals surface area contributed by atoms with Crippen LogP contribution in [0.1, 0.15) is 25.5 Å². The Balaban J connectivity index is 2.04. The Morgan fingerprint density at radius 1 is 1.26 bits per heavy atom. The van der Waals surface area contributed by atoms with E-state index in [9.17, 15) is 10.1 Å². The number of nitriles is 1. The SMILES string of the molecule is COC(=O)C(C#N)c1nc2ccccc2nc1Sc1nnc(NC(C)C)s1. The van der Waals surface area contributed by atoms with Crippen molar-refractivity contribution in [3.63, 3.8) is 0 Å². The van der Waals surface area contributed by atoms with Crippen molar-refractivity contribution < 1.29 is 9.53 Å². The third kappa shape index (κ3) is 4.32. The summed E-state index contributed by atoms with van der Waals surface area (Å²) in [5.41, 5.74) is 1.51. The molecule has 3 aromatic rings. The van der Waals surface area contributed by atoms with Gasteiger partial charge in [-0.2, -0.15) is 5.26 Å². The number of benzene rings is 1. The van der Waals surface area contributed by atoms with Gasteiger partial charge in [-0.1, -0.05) is 23.5 Å². The quantitative estimate of drug-likeness (QED) is 0.623. The van der Waals surface area contributed by atoms with Crippen LogP contribution in [0.5, 0.6) is 0 Å². The molecule has 3 rings (SSSR count). The second-order valence-corrected chi connectivity index (χ2v) is 7.98. The molecule has 0 saturated heterocycles. The molecule has 1 unspecified atom stereocenters. The number of ether oxygens (including phenoxy) is 1. The predicted molar refractivity (Wildman–Crippen MR) is 103 cm³/mol. The van der Waals surface area contributed by atoms with E-state index in [4.69, 9.17) is 4.74 Å². The number of nitrogens with one attached hydrogen (secondary N) is 1. The van der Waals surface area contributed by atoms with Gasteiger partial charge in [-0.3, -0.25) is 4.79 Å². The first kappa shape index (κ1) is 19.0. The maximum Gasteiger partial charge on any atom is 0.329 e. The number of carbonyl (C=O) groups excluding carboxylic acids is 1. The number of aromatic nitrogens is 4. The van der Waals surface area contributed by atoms with Crippen molar-refractivity contribution >= 4 is 45.2 Å². The summed E-state index contributed by atoms with van der Waals surface area (Å²) in [4.78, 5) is 21.1. The Labute approximate surface area is 164 Å². The van der Waals surface area contributed by atoms with Crippen LogP contribution in [0, 0.1) is 11.3 Å². The fraction of sp³-hybridized carbons (Fsp3) is 0.294. The Hall–Kier alpha value is -2.77. The summed E-state index contributed by atoms with van der Waals surface area (Å²) in [5.74, 6) is -1.85. The molecule has 0 fully saturated rings. The third-order valence-corrected chi connectivity index (χ3v) is 5.30. The van der Waals surface area contributed by atoms with Gasteiger partial charge < -0.3 is 10.1 Å². The Kier molecular flexibility index (Phi) is 5.83. The minimum absolute atomic E-state index is 0.231. The highest BCUT2D eigenvalue weighted by molar-refractivity contribution is 8.01. The van der Waals surface area contributed by atoms with Crippen molar-refractivity contribution in [2.24, 2.45) is 0 Å². The van der Waals surface area contributed by atoms with Gasteiger partial charge in [-0.15, -0.1) is 10.2 Å². The number of nitrogens with zero attached hydrogens (tertiary/aromatic N) is 5. The molecule has 0 aliphatic carbocycles. The van der Waals surface area contributed by atoms with Crippen LogP contribution < -0.4 is 5.32 Å². The first-order valence-electron chi connectivity index (χ1n) is 8.03. The number of para-hydroxylation sites is 2. The number of methoxy groups -OCH3 is 1. The molecule has 2 heterocycles. The maximum absolute atomic E-state index is 12.1. The summed E-state index contributed by atoms with van der Waals surface area (Å²) >= 11 is 2.59. The molecular weight excluding hydrogens is 384 g/mol. The van der Waals surface area contributed by atoms with E-state index < -0.39 is 11.9 Å². The number of anilines is 1. The van der Waals surface area contributed by atoms with E-state index in [1.54, 1.807) is 6.07 Å².